The minimum atomic E-state index is -1.32. The van der Waals surface area contributed by atoms with Crippen LogP contribution in [0, 0.1) is 11.8 Å². The first-order valence-electron chi connectivity index (χ1n) is 10.6. The Bertz CT molecular complexity index is 509. The van der Waals surface area contributed by atoms with E-state index >= 15 is 0 Å². The van der Waals surface area contributed by atoms with E-state index in [1.807, 2.05) is 13.8 Å². The summed E-state index contributed by atoms with van der Waals surface area (Å²) in [6.45, 7) is 8.09. The number of hydrogen-bond acceptors (Lipinski definition) is 8. The second-order valence-corrected chi connectivity index (χ2v) is 9.36. The highest BCUT2D eigenvalue weighted by Crippen LogP contribution is 2.30. The molecule has 0 spiro atoms. The number of carbonyl (C=O) groups excluding carboxylic acids is 1. The third-order valence-corrected chi connectivity index (χ3v) is 6.61. The lowest BCUT2D eigenvalue weighted by Gasteiger charge is -2.44. The molecule has 0 aliphatic carbocycles. The average Bonchev–Trinajstić information content (AvgIpc) is 2.71. The number of ether oxygens (including phenoxy) is 2. The van der Waals surface area contributed by atoms with Gasteiger partial charge >= 0.3 is 0 Å². The first kappa shape index (κ1) is 24.8. The van der Waals surface area contributed by atoms with Gasteiger partial charge in [-0.05, 0) is 43.9 Å². The number of nitrogens with one attached hydrogen (secondary N) is 2. The molecule has 1 amide bonds. The Balaban J connectivity index is 2.01. The summed E-state index contributed by atoms with van der Waals surface area (Å²) in [5.41, 5.74) is -0.663. The van der Waals surface area contributed by atoms with Crippen LogP contribution in [-0.4, -0.2) is 89.2 Å². The van der Waals surface area contributed by atoms with E-state index in [-0.39, 0.29) is 17.9 Å². The summed E-state index contributed by atoms with van der Waals surface area (Å²) in [6, 6.07) is -0.819. The van der Waals surface area contributed by atoms with Gasteiger partial charge in [0.2, 0.25) is 5.91 Å². The Morgan fingerprint density at radius 2 is 2.00 bits per heavy atom. The predicted octanol–water partition coefficient (Wildman–Crippen LogP) is 0.0926. The van der Waals surface area contributed by atoms with E-state index < -0.39 is 35.9 Å². The maximum atomic E-state index is 13.0. The monoisotopic (exact) mass is 434 g/mol. The van der Waals surface area contributed by atoms with Crippen molar-refractivity contribution in [3.63, 3.8) is 0 Å². The molecule has 170 valence electrons. The number of piperidine rings is 1. The zero-order valence-corrected chi connectivity index (χ0v) is 18.7. The van der Waals surface area contributed by atoms with Gasteiger partial charge in [0.25, 0.3) is 0 Å². The van der Waals surface area contributed by atoms with E-state index in [0.717, 1.165) is 26.0 Å². The van der Waals surface area contributed by atoms with E-state index in [1.54, 1.807) is 6.26 Å². The molecule has 3 unspecified atom stereocenters. The maximum absolute atomic E-state index is 13.0. The predicted molar refractivity (Wildman–Crippen MR) is 113 cm³/mol. The Hall–Kier alpha value is -0.420. The summed E-state index contributed by atoms with van der Waals surface area (Å²) in [4.78, 5) is 13.0. The van der Waals surface area contributed by atoms with Crippen LogP contribution in [0.4, 0.5) is 0 Å². The molecular weight excluding hydrogens is 396 g/mol. The van der Waals surface area contributed by atoms with Crippen LogP contribution in [0.1, 0.15) is 40.0 Å². The molecule has 0 aromatic rings. The minimum Gasteiger partial charge on any atom is -0.388 e. The van der Waals surface area contributed by atoms with E-state index in [9.17, 15) is 20.1 Å². The molecule has 29 heavy (non-hydrogen) atoms. The van der Waals surface area contributed by atoms with Gasteiger partial charge in [-0.3, -0.25) is 4.79 Å². The fraction of sp³-hybridized carbons (Fsp3) is 0.950. The molecule has 8 nitrogen and oxygen atoms in total. The van der Waals surface area contributed by atoms with Crippen LogP contribution in [0.25, 0.3) is 0 Å². The number of carbonyl (C=O) groups is 1. The van der Waals surface area contributed by atoms with Crippen molar-refractivity contribution in [2.75, 3.05) is 26.0 Å². The number of amides is 1. The van der Waals surface area contributed by atoms with Crippen LogP contribution in [0.2, 0.25) is 0 Å². The quantitative estimate of drug-likeness (QED) is 0.324. The zero-order valence-electron chi connectivity index (χ0n) is 17.9. The highest BCUT2D eigenvalue weighted by molar-refractivity contribution is 7.99. The standard InChI is InChI=1S/C20H38N2O6S/c1-5-8-27-10-12-6-7-21-13(9-12)19(26)22-14(11(2)3)18-16(24)15(23)17(25)20(28-18)29-4/h11-18,20-21,23-25H,5-10H2,1-4H3,(H,22,26)/t12?,13?,14?,15-,16+,17+,18+,20+/m1/s1. The maximum Gasteiger partial charge on any atom is 0.237 e. The second kappa shape index (κ2) is 11.8. The van der Waals surface area contributed by atoms with Gasteiger partial charge < -0.3 is 35.4 Å². The summed E-state index contributed by atoms with van der Waals surface area (Å²) in [5, 5.41) is 37.1. The Morgan fingerprint density at radius 1 is 1.28 bits per heavy atom. The second-order valence-electron chi connectivity index (χ2n) is 8.43. The smallest absolute Gasteiger partial charge is 0.237 e. The highest BCUT2D eigenvalue weighted by atomic mass is 32.2. The van der Waals surface area contributed by atoms with Gasteiger partial charge in [0.15, 0.2) is 0 Å². The summed E-state index contributed by atoms with van der Waals surface area (Å²) in [6.07, 6.45) is -0.162. The lowest BCUT2D eigenvalue weighted by Crippen LogP contribution is -2.65. The molecule has 0 bridgehead atoms. The third-order valence-electron chi connectivity index (χ3n) is 5.75. The molecule has 5 N–H and O–H groups in total. The van der Waals surface area contributed by atoms with Crippen molar-refractivity contribution in [2.24, 2.45) is 11.8 Å². The molecule has 0 aromatic heterocycles. The average molecular weight is 435 g/mol. The van der Waals surface area contributed by atoms with Gasteiger partial charge in [0.1, 0.15) is 29.9 Å². The lowest BCUT2D eigenvalue weighted by molar-refractivity contribution is -0.208. The van der Waals surface area contributed by atoms with Crippen LogP contribution in [0.5, 0.6) is 0 Å². The zero-order chi connectivity index (χ0) is 21.6. The van der Waals surface area contributed by atoms with Gasteiger partial charge in [0.05, 0.1) is 12.1 Å². The van der Waals surface area contributed by atoms with Gasteiger partial charge in [-0.25, -0.2) is 0 Å². The summed E-state index contributed by atoms with van der Waals surface area (Å²) in [7, 11) is 0. The van der Waals surface area contributed by atoms with Gasteiger partial charge in [0, 0.05) is 13.2 Å². The topological polar surface area (TPSA) is 120 Å². The minimum absolute atomic E-state index is 0.0316. The molecule has 2 saturated heterocycles. The largest absolute Gasteiger partial charge is 0.388 e. The fourth-order valence-corrected chi connectivity index (χ4v) is 4.68. The molecule has 8 atom stereocenters. The van der Waals surface area contributed by atoms with Crippen molar-refractivity contribution in [3.8, 4) is 0 Å². The van der Waals surface area contributed by atoms with Crippen molar-refractivity contribution in [3.05, 3.63) is 0 Å². The third kappa shape index (κ3) is 6.53. The normalized spacial score (nSPS) is 36.8. The molecule has 9 heteroatoms. The van der Waals surface area contributed by atoms with Crippen LogP contribution < -0.4 is 10.6 Å². The van der Waals surface area contributed by atoms with Gasteiger partial charge in [-0.1, -0.05) is 20.8 Å². The summed E-state index contributed by atoms with van der Waals surface area (Å²) in [5.74, 6) is 0.169. The Morgan fingerprint density at radius 3 is 2.62 bits per heavy atom. The summed E-state index contributed by atoms with van der Waals surface area (Å²) < 4.78 is 11.5. The lowest BCUT2D eigenvalue weighted by atomic mass is 9.88. The van der Waals surface area contributed by atoms with Crippen LogP contribution >= 0.6 is 11.8 Å². The molecule has 2 heterocycles. The number of aliphatic hydroxyl groups excluding tert-OH is 3. The highest BCUT2D eigenvalue weighted by Gasteiger charge is 2.47. The Labute approximate surface area is 178 Å². The van der Waals surface area contributed by atoms with E-state index in [1.165, 1.54) is 11.8 Å². The van der Waals surface area contributed by atoms with Crippen molar-refractivity contribution in [1.29, 1.82) is 0 Å². The SMILES string of the molecule is CCCOCC1CCNC(C(=O)NC(C(C)C)[C@@H]2O[C@@H](SC)[C@@H](O)[C@H](O)[C@@H]2O)C1. The molecule has 2 aliphatic heterocycles. The molecule has 0 radical (unpaired) electrons. The van der Waals surface area contributed by atoms with Crippen LogP contribution in [-0.2, 0) is 14.3 Å². The first-order chi connectivity index (χ1) is 13.8. The van der Waals surface area contributed by atoms with E-state index in [4.69, 9.17) is 9.47 Å². The van der Waals surface area contributed by atoms with Crippen molar-refractivity contribution >= 4 is 17.7 Å². The molecule has 2 fully saturated rings. The molecular formula is C20H38N2O6S. The molecule has 0 aromatic carbocycles. The van der Waals surface area contributed by atoms with Crippen molar-refractivity contribution < 1.29 is 29.6 Å². The van der Waals surface area contributed by atoms with Crippen molar-refractivity contribution in [2.45, 2.75) is 82.0 Å². The first-order valence-corrected chi connectivity index (χ1v) is 11.9. The van der Waals surface area contributed by atoms with Gasteiger partial charge in [-0.15, -0.1) is 11.8 Å². The fourth-order valence-electron chi connectivity index (χ4n) is 4.00. The van der Waals surface area contributed by atoms with E-state index in [2.05, 4.69) is 17.6 Å². The van der Waals surface area contributed by atoms with Crippen molar-refractivity contribution in [1.82, 2.24) is 10.6 Å². The number of hydrogen-bond donors (Lipinski definition) is 5. The van der Waals surface area contributed by atoms with Crippen LogP contribution in [0.3, 0.4) is 0 Å². The van der Waals surface area contributed by atoms with Gasteiger partial charge in [-0.2, -0.15) is 0 Å². The van der Waals surface area contributed by atoms with Crippen LogP contribution in [0.15, 0.2) is 0 Å². The Kier molecular flexibility index (Phi) is 10.1. The number of rotatable bonds is 9. The molecule has 2 rings (SSSR count). The summed E-state index contributed by atoms with van der Waals surface area (Å²) >= 11 is 1.27. The molecule has 2 aliphatic rings. The molecule has 0 saturated carbocycles. The van der Waals surface area contributed by atoms with E-state index in [0.29, 0.717) is 18.9 Å². The number of thioether (sulfide) groups is 1. The number of aliphatic hydroxyl groups is 3.